The molecule has 0 spiro atoms. The van der Waals surface area contributed by atoms with Crippen LogP contribution in [0.25, 0.3) is 5.82 Å². The van der Waals surface area contributed by atoms with E-state index in [0.717, 1.165) is 24.5 Å². The maximum absolute atomic E-state index is 13.2. The van der Waals surface area contributed by atoms with Crippen LogP contribution < -0.4 is 9.64 Å². The SMILES string of the molecule is COc1ccnc(N2CCCN(C(=O)c3cccnc3-n3cccn3)CC2)c1. The van der Waals surface area contributed by atoms with Crippen molar-refractivity contribution >= 4 is 11.7 Å². The lowest BCUT2D eigenvalue weighted by molar-refractivity contribution is 0.0766. The maximum Gasteiger partial charge on any atom is 0.257 e. The van der Waals surface area contributed by atoms with Crippen LogP contribution in [0.2, 0.25) is 0 Å². The van der Waals surface area contributed by atoms with E-state index in [-0.39, 0.29) is 5.91 Å². The Hall–Kier alpha value is -3.42. The molecule has 0 aromatic carbocycles. The average Bonchev–Trinajstić information content (AvgIpc) is 3.17. The minimum absolute atomic E-state index is 0.0287. The van der Waals surface area contributed by atoms with Gasteiger partial charge in [0.15, 0.2) is 5.82 Å². The predicted molar refractivity (Wildman–Crippen MR) is 105 cm³/mol. The molecule has 0 bridgehead atoms. The van der Waals surface area contributed by atoms with Crippen molar-refractivity contribution in [2.45, 2.75) is 6.42 Å². The first-order valence-corrected chi connectivity index (χ1v) is 9.25. The summed E-state index contributed by atoms with van der Waals surface area (Å²) in [7, 11) is 1.65. The van der Waals surface area contributed by atoms with Gasteiger partial charge >= 0.3 is 0 Å². The lowest BCUT2D eigenvalue weighted by Crippen LogP contribution is -2.36. The van der Waals surface area contributed by atoms with E-state index < -0.39 is 0 Å². The molecule has 8 heteroatoms. The summed E-state index contributed by atoms with van der Waals surface area (Å²) < 4.78 is 6.92. The number of carbonyl (C=O) groups is 1. The van der Waals surface area contributed by atoms with Crippen LogP contribution in [0.4, 0.5) is 5.82 Å². The highest BCUT2D eigenvalue weighted by Gasteiger charge is 2.24. The normalized spacial score (nSPS) is 14.6. The Balaban J connectivity index is 1.51. The highest BCUT2D eigenvalue weighted by Crippen LogP contribution is 2.20. The number of pyridine rings is 2. The van der Waals surface area contributed by atoms with E-state index in [1.807, 2.05) is 23.1 Å². The van der Waals surface area contributed by atoms with E-state index in [4.69, 9.17) is 4.74 Å². The van der Waals surface area contributed by atoms with E-state index in [9.17, 15) is 4.79 Å². The van der Waals surface area contributed by atoms with E-state index in [1.165, 1.54) is 0 Å². The minimum Gasteiger partial charge on any atom is -0.497 e. The molecule has 1 aliphatic rings. The Morgan fingerprint density at radius 2 is 1.96 bits per heavy atom. The van der Waals surface area contributed by atoms with E-state index >= 15 is 0 Å². The van der Waals surface area contributed by atoms with Gasteiger partial charge in [-0.2, -0.15) is 5.10 Å². The van der Waals surface area contributed by atoms with Gasteiger partial charge in [0.1, 0.15) is 11.6 Å². The summed E-state index contributed by atoms with van der Waals surface area (Å²) in [4.78, 5) is 26.1. The molecule has 3 aromatic heterocycles. The second-order valence-corrected chi connectivity index (χ2v) is 6.51. The Bertz CT molecular complexity index is 943. The van der Waals surface area contributed by atoms with E-state index in [0.29, 0.717) is 31.0 Å². The molecule has 8 nitrogen and oxygen atoms in total. The summed E-state index contributed by atoms with van der Waals surface area (Å²) in [5.74, 6) is 2.17. The number of rotatable bonds is 4. The number of anilines is 1. The molecule has 0 aliphatic carbocycles. The lowest BCUT2D eigenvalue weighted by Gasteiger charge is -2.23. The first-order valence-electron chi connectivity index (χ1n) is 9.25. The molecule has 1 aliphatic heterocycles. The zero-order valence-corrected chi connectivity index (χ0v) is 15.7. The third kappa shape index (κ3) is 3.66. The van der Waals surface area contributed by atoms with Gasteiger partial charge in [0.05, 0.1) is 12.7 Å². The van der Waals surface area contributed by atoms with Crippen LogP contribution in [-0.2, 0) is 0 Å². The third-order valence-electron chi connectivity index (χ3n) is 4.80. The number of ether oxygens (including phenoxy) is 1. The van der Waals surface area contributed by atoms with Gasteiger partial charge in [-0.3, -0.25) is 4.79 Å². The largest absolute Gasteiger partial charge is 0.497 e. The number of methoxy groups -OCH3 is 1. The number of amides is 1. The summed E-state index contributed by atoms with van der Waals surface area (Å²) in [6.45, 7) is 2.85. The van der Waals surface area contributed by atoms with Crippen molar-refractivity contribution in [3.63, 3.8) is 0 Å². The number of nitrogens with zero attached hydrogens (tertiary/aromatic N) is 6. The number of aromatic nitrogens is 4. The number of hydrogen-bond donors (Lipinski definition) is 0. The summed E-state index contributed by atoms with van der Waals surface area (Å²) in [6.07, 6.45) is 7.74. The fraction of sp³-hybridized carbons (Fsp3) is 0.300. The van der Waals surface area contributed by atoms with Crippen LogP contribution in [-0.4, -0.2) is 63.8 Å². The van der Waals surface area contributed by atoms with Gasteiger partial charge < -0.3 is 14.5 Å². The smallest absolute Gasteiger partial charge is 0.257 e. The maximum atomic E-state index is 13.2. The van der Waals surface area contributed by atoms with Crippen molar-refractivity contribution < 1.29 is 9.53 Å². The summed E-state index contributed by atoms with van der Waals surface area (Å²) in [6, 6.07) is 9.15. The van der Waals surface area contributed by atoms with Crippen LogP contribution in [0.3, 0.4) is 0 Å². The van der Waals surface area contributed by atoms with E-state index in [2.05, 4.69) is 20.0 Å². The Morgan fingerprint density at radius 3 is 2.79 bits per heavy atom. The molecule has 0 saturated carbocycles. The Labute approximate surface area is 163 Å². The molecule has 0 radical (unpaired) electrons. The molecule has 1 saturated heterocycles. The van der Waals surface area contributed by atoms with Gasteiger partial charge in [0.2, 0.25) is 0 Å². The van der Waals surface area contributed by atoms with Gasteiger partial charge in [-0.25, -0.2) is 14.6 Å². The van der Waals surface area contributed by atoms with Crippen molar-refractivity contribution in [2.75, 3.05) is 38.2 Å². The van der Waals surface area contributed by atoms with Gasteiger partial charge in [-0.1, -0.05) is 0 Å². The molecule has 144 valence electrons. The van der Waals surface area contributed by atoms with Crippen molar-refractivity contribution in [3.05, 3.63) is 60.7 Å². The molecule has 0 N–H and O–H groups in total. The topological polar surface area (TPSA) is 76.4 Å². The van der Waals surface area contributed by atoms with Gasteiger partial charge in [0.25, 0.3) is 5.91 Å². The van der Waals surface area contributed by atoms with Gasteiger partial charge in [-0.05, 0) is 30.7 Å². The summed E-state index contributed by atoms with van der Waals surface area (Å²) >= 11 is 0. The van der Waals surface area contributed by atoms with Crippen LogP contribution in [0, 0.1) is 0 Å². The van der Waals surface area contributed by atoms with Crippen LogP contribution in [0.5, 0.6) is 5.75 Å². The molecule has 28 heavy (non-hydrogen) atoms. The quantitative estimate of drug-likeness (QED) is 0.691. The van der Waals surface area contributed by atoms with Crippen LogP contribution >= 0.6 is 0 Å². The number of carbonyl (C=O) groups excluding carboxylic acids is 1. The van der Waals surface area contributed by atoms with Crippen LogP contribution in [0.15, 0.2) is 55.1 Å². The Morgan fingerprint density at radius 1 is 1.04 bits per heavy atom. The zero-order chi connectivity index (χ0) is 19.3. The monoisotopic (exact) mass is 378 g/mol. The van der Waals surface area contributed by atoms with Crippen molar-refractivity contribution in [3.8, 4) is 11.6 Å². The lowest BCUT2D eigenvalue weighted by atomic mass is 10.2. The molecule has 4 rings (SSSR count). The fourth-order valence-electron chi connectivity index (χ4n) is 3.36. The van der Waals surface area contributed by atoms with Gasteiger partial charge in [0, 0.05) is 57.0 Å². The van der Waals surface area contributed by atoms with Crippen LogP contribution in [0.1, 0.15) is 16.8 Å². The Kier molecular flexibility index (Phi) is 5.18. The molecule has 1 amide bonds. The van der Waals surface area contributed by atoms with E-state index in [1.54, 1.807) is 48.7 Å². The molecular formula is C20H22N6O2. The standard InChI is InChI=1S/C20H22N6O2/c1-28-16-6-9-21-18(15-16)24-10-4-11-25(14-13-24)20(27)17-5-2-7-22-19(17)26-12-3-8-23-26/h2-3,5-9,12,15H,4,10-11,13-14H2,1H3. The van der Waals surface area contributed by atoms with Crippen molar-refractivity contribution in [1.82, 2.24) is 24.6 Å². The fourth-order valence-corrected chi connectivity index (χ4v) is 3.36. The second kappa shape index (κ2) is 8.08. The second-order valence-electron chi connectivity index (χ2n) is 6.51. The highest BCUT2D eigenvalue weighted by molar-refractivity contribution is 5.97. The molecule has 1 fully saturated rings. The first-order chi connectivity index (χ1) is 13.8. The minimum atomic E-state index is -0.0287. The summed E-state index contributed by atoms with van der Waals surface area (Å²) in [5, 5.41) is 4.22. The first kappa shape index (κ1) is 18.0. The van der Waals surface area contributed by atoms with Crippen molar-refractivity contribution in [1.29, 1.82) is 0 Å². The van der Waals surface area contributed by atoms with Gasteiger partial charge in [-0.15, -0.1) is 0 Å². The average molecular weight is 378 g/mol. The zero-order valence-electron chi connectivity index (χ0n) is 15.7. The molecular weight excluding hydrogens is 356 g/mol. The predicted octanol–water partition coefficient (Wildman–Crippen LogP) is 2.02. The molecule has 3 aromatic rings. The number of hydrogen-bond acceptors (Lipinski definition) is 6. The highest BCUT2D eigenvalue weighted by atomic mass is 16.5. The molecule has 0 atom stereocenters. The third-order valence-corrected chi connectivity index (χ3v) is 4.80. The molecule has 0 unspecified atom stereocenters. The molecule has 4 heterocycles. The summed E-state index contributed by atoms with van der Waals surface area (Å²) in [5.41, 5.74) is 0.555. The van der Waals surface area contributed by atoms with Crippen molar-refractivity contribution in [2.24, 2.45) is 0 Å².